The topological polar surface area (TPSA) is 83.8 Å². The van der Waals surface area contributed by atoms with Crippen LogP contribution in [0.3, 0.4) is 0 Å². The van der Waals surface area contributed by atoms with Gasteiger partial charge in [0.15, 0.2) is 6.61 Å². The molecule has 0 bridgehead atoms. The molecule has 3 aromatic rings. The van der Waals surface area contributed by atoms with E-state index >= 15 is 0 Å². The predicted molar refractivity (Wildman–Crippen MR) is 95.1 cm³/mol. The Morgan fingerprint density at radius 2 is 1.88 bits per heavy atom. The first-order chi connectivity index (χ1) is 11.5. The Bertz CT molecular complexity index is 947. The van der Waals surface area contributed by atoms with Gasteiger partial charge in [0.1, 0.15) is 10.6 Å². The van der Waals surface area contributed by atoms with Crippen LogP contribution in [0.2, 0.25) is 0 Å². The van der Waals surface area contributed by atoms with Gasteiger partial charge in [-0.1, -0.05) is 24.3 Å². The van der Waals surface area contributed by atoms with Crippen LogP contribution in [-0.4, -0.2) is 28.8 Å². The van der Waals surface area contributed by atoms with Crippen molar-refractivity contribution in [3.8, 4) is 16.2 Å². The molecule has 122 valence electrons. The van der Waals surface area contributed by atoms with Crippen molar-refractivity contribution in [2.24, 2.45) is 0 Å². The van der Waals surface area contributed by atoms with E-state index in [2.05, 4.69) is 15.9 Å². The SMILES string of the molecule is O=C(O)COc1c(-c2ccc(C(=O)O)s2)cc2ccccc2c1Br. The van der Waals surface area contributed by atoms with E-state index in [-0.39, 0.29) is 4.88 Å². The maximum Gasteiger partial charge on any atom is 0.345 e. The standard InChI is InChI=1S/C17H11BrO5S/c18-15-10-4-2-1-3-9(10)7-11(16(15)23-8-14(19)20)12-5-6-13(24-12)17(21)22/h1-7H,8H2,(H,19,20)(H,21,22). The number of fused-ring (bicyclic) bond motifs is 1. The number of hydrogen-bond donors (Lipinski definition) is 2. The predicted octanol–water partition coefficient (Wildman–Crippen LogP) is 4.49. The number of ether oxygens (including phenoxy) is 1. The molecule has 1 heterocycles. The average Bonchev–Trinajstić information content (AvgIpc) is 3.04. The van der Waals surface area contributed by atoms with Crippen LogP contribution in [0.1, 0.15) is 9.67 Å². The third-order valence-electron chi connectivity index (χ3n) is 3.36. The lowest BCUT2D eigenvalue weighted by Crippen LogP contribution is -2.10. The molecular weight excluding hydrogens is 396 g/mol. The van der Waals surface area contributed by atoms with Crippen molar-refractivity contribution in [2.75, 3.05) is 6.61 Å². The van der Waals surface area contributed by atoms with Gasteiger partial charge in [0.25, 0.3) is 0 Å². The fourth-order valence-corrected chi connectivity index (χ4v) is 3.89. The molecule has 0 fully saturated rings. The highest BCUT2D eigenvalue weighted by molar-refractivity contribution is 9.10. The van der Waals surface area contributed by atoms with Crippen molar-refractivity contribution in [3.63, 3.8) is 0 Å². The number of thiophene rings is 1. The second-order valence-electron chi connectivity index (χ2n) is 4.94. The summed E-state index contributed by atoms with van der Waals surface area (Å²) in [5, 5.41) is 19.8. The molecule has 0 radical (unpaired) electrons. The fourth-order valence-electron chi connectivity index (χ4n) is 2.34. The van der Waals surface area contributed by atoms with E-state index in [4.69, 9.17) is 14.9 Å². The molecule has 0 saturated carbocycles. The van der Waals surface area contributed by atoms with Crippen LogP contribution in [-0.2, 0) is 4.79 Å². The number of carbonyl (C=O) groups is 2. The van der Waals surface area contributed by atoms with Crippen LogP contribution in [0.4, 0.5) is 0 Å². The molecule has 2 N–H and O–H groups in total. The smallest absolute Gasteiger partial charge is 0.345 e. The molecule has 0 saturated heterocycles. The van der Waals surface area contributed by atoms with Gasteiger partial charge in [0, 0.05) is 10.4 Å². The molecule has 24 heavy (non-hydrogen) atoms. The van der Waals surface area contributed by atoms with E-state index in [1.54, 1.807) is 6.07 Å². The number of hydrogen-bond acceptors (Lipinski definition) is 4. The number of benzene rings is 2. The van der Waals surface area contributed by atoms with Crippen molar-refractivity contribution >= 4 is 50.0 Å². The number of carboxylic acid groups (broad SMARTS) is 2. The summed E-state index contributed by atoms with van der Waals surface area (Å²) in [6, 6.07) is 12.7. The minimum absolute atomic E-state index is 0.207. The highest BCUT2D eigenvalue weighted by Gasteiger charge is 2.18. The van der Waals surface area contributed by atoms with Crippen molar-refractivity contribution in [2.45, 2.75) is 0 Å². The van der Waals surface area contributed by atoms with Gasteiger partial charge >= 0.3 is 11.9 Å². The third kappa shape index (κ3) is 3.13. The molecule has 0 spiro atoms. The largest absolute Gasteiger partial charge is 0.480 e. The maximum absolute atomic E-state index is 11.1. The molecule has 0 aliphatic rings. The Hall–Kier alpha value is -2.38. The first-order valence-corrected chi connectivity index (χ1v) is 8.47. The first kappa shape index (κ1) is 16.5. The van der Waals surface area contributed by atoms with Crippen molar-refractivity contribution in [1.29, 1.82) is 0 Å². The van der Waals surface area contributed by atoms with Crippen molar-refractivity contribution < 1.29 is 24.5 Å². The number of rotatable bonds is 5. The quantitative estimate of drug-likeness (QED) is 0.651. The molecule has 2 aromatic carbocycles. The van der Waals surface area contributed by atoms with Crippen LogP contribution in [0, 0.1) is 0 Å². The third-order valence-corrected chi connectivity index (χ3v) is 5.26. The lowest BCUT2D eigenvalue weighted by molar-refractivity contribution is -0.139. The molecule has 5 nitrogen and oxygen atoms in total. The fraction of sp³-hybridized carbons (Fsp3) is 0.0588. The minimum atomic E-state index is -1.08. The normalized spacial score (nSPS) is 10.7. The second kappa shape index (κ2) is 6.62. The van der Waals surface area contributed by atoms with Crippen molar-refractivity contribution in [1.82, 2.24) is 0 Å². The van der Waals surface area contributed by atoms with Gasteiger partial charge in [0.05, 0.1) is 4.47 Å². The Balaban J connectivity index is 2.20. The van der Waals surface area contributed by atoms with Gasteiger partial charge in [-0.3, -0.25) is 0 Å². The van der Waals surface area contributed by atoms with Gasteiger partial charge in [-0.05, 0) is 44.9 Å². The molecule has 0 aliphatic carbocycles. The average molecular weight is 407 g/mol. The minimum Gasteiger partial charge on any atom is -0.480 e. The first-order valence-electron chi connectivity index (χ1n) is 6.86. The Kier molecular flexibility index (Phi) is 4.55. The van der Waals surface area contributed by atoms with Crippen LogP contribution in [0.25, 0.3) is 21.2 Å². The summed E-state index contributed by atoms with van der Waals surface area (Å²) in [7, 11) is 0. The van der Waals surface area contributed by atoms with Gasteiger partial charge < -0.3 is 14.9 Å². The summed E-state index contributed by atoms with van der Waals surface area (Å²) in [5.41, 5.74) is 0.652. The zero-order chi connectivity index (χ0) is 17.3. The van der Waals surface area contributed by atoms with Crippen molar-refractivity contribution in [3.05, 3.63) is 51.8 Å². The van der Waals surface area contributed by atoms with Crippen LogP contribution in [0.15, 0.2) is 46.9 Å². The highest BCUT2D eigenvalue weighted by atomic mass is 79.9. The Morgan fingerprint density at radius 3 is 2.54 bits per heavy atom. The molecular formula is C17H11BrO5S. The van der Waals surface area contributed by atoms with E-state index < -0.39 is 18.5 Å². The maximum atomic E-state index is 11.1. The summed E-state index contributed by atoms with van der Waals surface area (Å²) in [6.07, 6.45) is 0. The summed E-state index contributed by atoms with van der Waals surface area (Å²) in [6.45, 7) is -0.485. The van der Waals surface area contributed by atoms with Gasteiger partial charge in [-0.25, -0.2) is 9.59 Å². The van der Waals surface area contributed by atoms with E-state index in [9.17, 15) is 9.59 Å². The molecule has 1 aromatic heterocycles. The van der Waals surface area contributed by atoms with Crippen LogP contribution >= 0.6 is 27.3 Å². The molecule has 0 amide bonds. The molecule has 0 atom stereocenters. The summed E-state index contributed by atoms with van der Waals surface area (Å²) in [5.74, 6) is -1.70. The number of halogens is 1. The van der Waals surface area contributed by atoms with Gasteiger partial charge in [-0.2, -0.15) is 0 Å². The highest BCUT2D eigenvalue weighted by Crippen LogP contribution is 2.44. The summed E-state index contributed by atoms with van der Waals surface area (Å²) >= 11 is 4.60. The zero-order valence-electron chi connectivity index (χ0n) is 12.2. The van der Waals surface area contributed by atoms with Gasteiger partial charge in [0.2, 0.25) is 0 Å². The number of aromatic carboxylic acids is 1. The van der Waals surface area contributed by atoms with Crippen LogP contribution in [0.5, 0.6) is 5.75 Å². The van der Waals surface area contributed by atoms with E-state index in [1.807, 2.05) is 30.3 Å². The zero-order valence-corrected chi connectivity index (χ0v) is 14.6. The monoisotopic (exact) mass is 406 g/mol. The second-order valence-corrected chi connectivity index (χ2v) is 6.82. The molecule has 0 aliphatic heterocycles. The molecule has 3 rings (SSSR count). The van der Waals surface area contributed by atoms with E-state index in [0.29, 0.717) is 20.7 Å². The Morgan fingerprint density at radius 1 is 1.12 bits per heavy atom. The summed E-state index contributed by atoms with van der Waals surface area (Å²) < 4.78 is 6.12. The summed E-state index contributed by atoms with van der Waals surface area (Å²) in [4.78, 5) is 22.9. The van der Waals surface area contributed by atoms with Crippen LogP contribution < -0.4 is 4.74 Å². The Labute approximate surface area is 149 Å². The van der Waals surface area contributed by atoms with E-state index in [1.165, 1.54) is 6.07 Å². The van der Waals surface area contributed by atoms with E-state index in [0.717, 1.165) is 22.1 Å². The lowest BCUT2D eigenvalue weighted by Gasteiger charge is -2.14. The number of aliphatic carboxylic acids is 1. The molecule has 7 heteroatoms. The lowest BCUT2D eigenvalue weighted by atomic mass is 10.0. The number of carboxylic acids is 2. The van der Waals surface area contributed by atoms with Gasteiger partial charge in [-0.15, -0.1) is 11.3 Å². The molecule has 0 unspecified atom stereocenters.